The largest absolute Gasteiger partial charge is 0.481 e. The molecule has 47 heavy (non-hydrogen) atoms. The molecule has 5 nitrogen and oxygen atoms in total. The average molecular weight is 670 g/mol. The molecule has 1 N–H and O–H groups in total. The average Bonchev–Trinajstić information content (AvgIpc) is 3.38. The highest BCUT2D eigenvalue weighted by Gasteiger charge is 2.71. The van der Waals surface area contributed by atoms with Crippen LogP contribution in [-0.2, 0) is 14.3 Å². The standard InChI is InChI=1S/C41H67NO4S/c1-27(2)28-12-17-41(20-21-42-22-24-47-25-23-42)19-18-39(8)29(34(28)41)10-11-31-38(7)15-14-32(46-33(43)26-36(3,4)35(44)45)37(5,6)30(38)13-16-40(31,39)9/h28-32,34H,1,10-26H2,2-9H3,(H,44,45)/t28-,29+,30-,31+,32-,34+,38-,39+,40+,41+/m0/s1. The van der Waals surface area contributed by atoms with Crippen molar-refractivity contribution >= 4 is 23.7 Å². The van der Waals surface area contributed by atoms with Crippen molar-refractivity contribution in [3.8, 4) is 0 Å². The number of fused-ring (bicyclic) bond motifs is 7. The first-order valence-corrected chi connectivity index (χ1v) is 20.5. The molecule has 6 heteroatoms. The molecule has 6 fully saturated rings. The van der Waals surface area contributed by atoms with Crippen molar-refractivity contribution < 1.29 is 19.4 Å². The van der Waals surface area contributed by atoms with Crippen molar-refractivity contribution in [2.24, 2.45) is 62.1 Å². The zero-order chi connectivity index (χ0) is 34.2. The minimum Gasteiger partial charge on any atom is -0.481 e. The Morgan fingerprint density at radius 2 is 1.60 bits per heavy atom. The summed E-state index contributed by atoms with van der Waals surface area (Å²) in [6, 6.07) is 0. The summed E-state index contributed by atoms with van der Waals surface area (Å²) in [5, 5.41) is 9.60. The number of aliphatic carboxylic acids is 1. The van der Waals surface area contributed by atoms with Crippen LogP contribution in [0.15, 0.2) is 12.2 Å². The van der Waals surface area contributed by atoms with Gasteiger partial charge in [-0.25, -0.2) is 0 Å². The Kier molecular flexibility index (Phi) is 9.40. The zero-order valence-corrected chi connectivity index (χ0v) is 32.0. The molecule has 0 radical (unpaired) electrons. The molecule has 0 aromatic rings. The van der Waals surface area contributed by atoms with E-state index in [0.717, 1.165) is 24.7 Å². The van der Waals surface area contributed by atoms with Gasteiger partial charge < -0.3 is 14.7 Å². The summed E-state index contributed by atoms with van der Waals surface area (Å²) in [7, 11) is 0. The normalized spacial score (nSPS) is 44.8. The monoisotopic (exact) mass is 669 g/mol. The molecule has 6 aliphatic rings. The van der Waals surface area contributed by atoms with Gasteiger partial charge in [0.2, 0.25) is 0 Å². The van der Waals surface area contributed by atoms with Crippen LogP contribution in [0.4, 0.5) is 0 Å². The molecule has 0 spiro atoms. The third-order valence-corrected chi connectivity index (χ3v) is 17.6. The minimum atomic E-state index is -1.11. The second-order valence-corrected chi connectivity index (χ2v) is 20.7. The van der Waals surface area contributed by atoms with Gasteiger partial charge in [-0.2, -0.15) is 11.8 Å². The van der Waals surface area contributed by atoms with Crippen molar-refractivity contribution in [1.82, 2.24) is 4.90 Å². The third kappa shape index (κ3) is 5.68. The van der Waals surface area contributed by atoms with Gasteiger partial charge in [-0.05, 0) is 149 Å². The van der Waals surface area contributed by atoms with Gasteiger partial charge in [-0.15, -0.1) is 0 Å². The van der Waals surface area contributed by atoms with Gasteiger partial charge in [-0.1, -0.05) is 46.8 Å². The lowest BCUT2D eigenvalue weighted by atomic mass is 9.32. The second-order valence-electron chi connectivity index (χ2n) is 19.5. The van der Waals surface area contributed by atoms with Crippen molar-refractivity contribution in [3.05, 3.63) is 12.2 Å². The van der Waals surface area contributed by atoms with E-state index in [1.807, 2.05) is 0 Å². The number of carboxylic acids is 1. The number of hydrogen-bond donors (Lipinski definition) is 1. The first-order valence-electron chi connectivity index (χ1n) is 19.3. The molecule has 266 valence electrons. The van der Waals surface area contributed by atoms with Crippen LogP contribution in [0.5, 0.6) is 0 Å². The molecule has 0 aromatic heterocycles. The SMILES string of the molecule is C=C(C)[C@@H]1CC[C@]2(CCN3CCSCC3)CC[C@]3(C)[C@H](CC[C@@H]4[C@@]5(C)CC[C@H](OC(=O)CC(C)(C)C(=O)O)C(C)(C)[C@@H]5CC[C@]43C)[C@@H]12. The van der Waals surface area contributed by atoms with E-state index in [1.54, 1.807) is 13.8 Å². The Hall–Kier alpha value is -1.01. The number of rotatable bonds is 8. The van der Waals surface area contributed by atoms with Crippen molar-refractivity contribution in [2.75, 3.05) is 31.1 Å². The summed E-state index contributed by atoms with van der Waals surface area (Å²) in [5.74, 6) is 4.70. The van der Waals surface area contributed by atoms with Crippen molar-refractivity contribution in [1.29, 1.82) is 0 Å². The van der Waals surface area contributed by atoms with E-state index in [-0.39, 0.29) is 29.3 Å². The molecule has 10 atom stereocenters. The molecule has 1 heterocycles. The van der Waals surface area contributed by atoms with Crippen LogP contribution in [0.2, 0.25) is 0 Å². The number of esters is 1. The summed E-state index contributed by atoms with van der Waals surface area (Å²) in [6.45, 7) is 26.8. The molecule has 1 aliphatic heterocycles. The Bertz CT molecular complexity index is 1240. The van der Waals surface area contributed by atoms with Gasteiger partial charge in [0.15, 0.2) is 0 Å². The van der Waals surface area contributed by atoms with Crippen LogP contribution in [0.3, 0.4) is 0 Å². The maximum Gasteiger partial charge on any atom is 0.309 e. The number of hydrogen-bond acceptors (Lipinski definition) is 5. The number of thioether (sulfide) groups is 1. The fourth-order valence-corrected chi connectivity index (χ4v) is 14.7. The Balaban J connectivity index is 1.23. The number of ether oxygens (including phenoxy) is 1. The van der Waals surface area contributed by atoms with Crippen LogP contribution in [0, 0.1) is 62.1 Å². The molecule has 0 unspecified atom stereocenters. The van der Waals surface area contributed by atoms with E-state index in [9.17, 15) is 14.7 Å². The third-order valence-electron chi connectivity index (χ3n) is 16.6. The number of carbonyl (C=O) groups is 2. The molecular weight excluding hydrogens is 603 g/mol. The van der Waals surface area contributed by atoms with Crippen molar-refractivity contribution in [3.63, 3.8) is 0 Å². The fraction of sp³-hybridized carbons (Fsp3) is 0.902. The van der Waals surface area contributed by atoms with Crippen LogP contribution < -0.4 is 0 Å². The van der Waals surface area contributed by atoms with Crippen LogP contribution in [0.1, 0.15) is 132 Å². The Morgan fingerprint density at radius 1 is 0.894 bits per heavy atom. The van der Waals surface area contributed by atoms with Crippen LogP contribution in [0.25, 0.3) is 0 Å². The predicted octanol–water partition coefficient (Wildman–Crippen LogP) is 9.50. The lowest BCUT2D eigenvalue weighted by Crippen LogP contribution is -2.66. The number of allylic oxidation sites excluding steroid dienone is 1. The summed E-state index contributed by atoms with van der Waals surface area (Å²) in [5.41, 5.74) is 1.55. The molecule has 0 aromatic carbocycles. The van der Waals surface area contributed by atoms with E-state index in [0.29, 0.717) is 34.0 Å². The van der Waals surface area contributed by atoms with Crippen LogP contribution in [-0.4, -0.2) is 59.2 Å². The number of nitrogens with zero attached hydrogens (tertiary/aromatic N) is 1. The molecule has 1 saturated heterocycles. The van der Waals surface area contributed by atoms with Gasteiger partial charge in [0.05, 0.1) is 11.8 Å². The number of carbonyl (C=O) groups excluding carboxylic acids is 1. The predicted molar refractivity (Wildman–Crippen MR) is 193 cm³/mol. The summed E-state index contributed by atoms with van der Waals surface area (Å²) in [4.78, 5) is 27.6. The maximum atomic E-state index is 13.1. The first-order chi connectivity index (χ1) is 21.9. The lowest BCUT2D eigenvalue weighted by molar-refractivity contribution is -0.250. The fourth-order valence-electron chi connectivity index (χ4n) is 13.7. The Labute approximate surface area is 291 Å². The Morgan fingerprint density at radius 3 is 2.26 bits per heavy atom. The van der Waals surface area contributed by atoms with Gasteiger partial charge in [0.25, 0.3) is 0 Å². The number of carboxylic acid groups (broad SMARTS) is 1. The van der Waals surface area contributed by atoms with E-state index in [4.69, 9.17) is 4.74 Å². The lowest BCUT2D eigenvalue weighted by Gasteiger charge is -2.73. The molecular formula is C41H67NO4S. The van der Waals surface area contributed by atoms with Gasteiger partial charge in [0.1, 0.15) is 6.10 Å². The summed E-state index contributed by atoms with van der Waals surface area (Å²) < 4.78 is 6.20. The van der Waals surface area contributed by atoms with E-state index in [1.165, 1.54) is 94.5 Å². The highest BCUT2D eigenvalue weighted by molar-refractivity contribution is 7.99. The zero-order valence-electron chi connectivity index (χ0n) is 31.2. The molecule has 0 amide bonds. The summed E-state index contributed by atoms with van der Waals surface area (Å²) in [6.07, 6.45) is 13.8. The van der Waals surface area contributed by atoms with E-state index >= 15 is 0 Å². The van der Waals surface area contributed by atoms with Gasteiger partial charge in [0, 0.05) is 30.0 Å². The quantitative estimate of drug-likeness (QED) is 0.205. The highest BCUT2D eigenvalue weighted by Crippen LogP contribution is 2.78. The first kappa shape index (κ1) is 35.8. The van der Waals surface area contributed by atoms with Gasteiger partial charge in [-0.3, -0.25) is 9.59 Å². The van der Waals surface area contributed by atoms with Crippen molar-refractivity contribution in [2.45, 2.75) is 139 Å². The second kappa shape index (κ2) is 12.3. The highest BCUT2D eigenvalue weighted by atomic mass is 32.2. The van der Waals surface area contributed by atoms with Gasteiger partial charge >= 0.3 is 11.9 Å². The maximum absolute atomic E-state index is 13.1. The van der Waals surface area contributed by atoms with Crippen LogP contribution >= 0.6 is 11.8 Å². The minimum absolute atomic E-state index is 0.0811. The molecule has 6 rings (SSSR count). The topological polar surface area (TPSA) is 66.8 Å². The molecule has 0 bridgehead atoms. The van der Waals surface area contributed by atoms with E-state index in [2.05, 4.69) is 64.8 Å². The van der Waals surface area contributed by atoms with E-state index < -0.39 is 11.4 Å². The molecule has 5 aliphatic carbocycles. The smallest absolute Gasteiger partial charge is 0.309 e. The summed E-state index contributed by atoms with van der Waals surface area (Å²) >= 11 is 2.12. The molecule has 5 saturated carbocycles.